The molecular formula is C20H27ClN6O. The summed E-state index contributed by atoms with van der Waals surface area (Å²) < 4.78 is 0. The van der Waals surface area contributed by atoms with Gasteiger partial charge in [-0.3, -0.25) is 0 Å². The maximum absolute atomic E-state index is 12.3. The fourth-order valence-electron chi connectivity index (χ4n) is 3.36. The number of carbonyl (C=O) groups excluding carboxylic acids is 1. The molecule has 0 spiro atoms. The number of hydrogen-bond acceptors (Lipinski definition) is 5. The molecule has 7 nitrogen and oxygen atoms in total. The van der Waals surface area contributed by atoms with Crippen molar-refractivity contribution in [2.45, 2.75) is 44.7 Å². The van der Waals surface area contributed by atoms with Crippen LogP contribution in [0.25, 0.3) is 0 Å². The topological polar surface area (TPSA) is 82.2 Å². The van der Waals surface area contributed by atoms with Gasteiger partial charge in [0.25, 0.3) is 0 Å². The van der Waals surface area contributed by atoms with Gasteiger partial charge < -0.3 is 20.9 Å². The summed E-state index contributed by atoms with van der Waals surface area (Å²) in [6.07, 6.45) is 5.47. The van der Waals surface area contributed by atoms with Crippen molar-refractivity contribution >= 4 is 35.1 Å². The monoisotopic (exact) mass is 402 g/mol. The Kier molecular flexibility index (Phi) is 6.57. The molecule has 8 heteroatoms. The number of rotatable bonds is 5. The number of benzene rings is 1. The minimum Gasteiger partial charge on any atom is -0.363 e. The van der Waals surface area contributed by atoms with E-state index < -0.39 is 0 Å². The second-order valence-electron chi connectivity index (χ2n) is 7.36. The number of para-hydroxylation sites is 1. The predicted molar refractivity (Wildman–Crippen MR) is 114 cm³/mol. The maximum Gasteiger partial charge on any atom is 0.319 e. The van der Waals surface area contributed by atoms with Gasteiger partial charge in [-0.1, -0.05) is 23.7 Å². The van der Waals surface area contributed by atoms with Crippen molar-refractivity contribution in [3.05, 3.63) is 41.0 Å². The summed E-state index contributed by atoms with van der Waals surface area (Å²) in [5, 5.41) is 9.88. The molecule has 2 aromatic rings. The van der Waals surface area contributed by atoms with Gasteiger partial charge in [-0.25, -0.2) is 9.78 Å². The Morgan fingerprint density at radius 2 is 1.86 bits per heavy atom. The van der Waals surface area contributed by atoms with Crippen LogP contribution in [0.15, 0.2) is 30.5 Å². The molecule has 1 saturated carbocycles. The lowest BCUT2D eigenvalue weighted by atomic mass is 9.91. The Balaban J connectivity index is 1.47. The molecule has 3 rings (SSSR count). The van der Waals surface area contributed by atoms with Crippen molar-refractivity contribution in [3.8, 4) is 0 Å². The Morgan fingerprint density at radius 3 is 2.54 bits per heavy atom. The van der Waals surface area contributed by atoms with Crippen LogP contribution >= 0.6 is 11.6 Å². The van der Waals surface area contributed by atoms with E-state index in [2.05, 4.69) is 25.9 Å². The number of anilines is 3. The summed E-state index contributed by atoms with van der Waals surface area (Å²) in [7, 11) is 3.91. The Bertz CT molecular complexity index is 800. The first-order valence-electron chi connectivity index (χ1n) is 9.52. The molecule has 0 radical (unpaired) electrons. The van der Waals surface area contributed by atoms with Crippen LogP contribution in [-0.4, -0.2) is 42.2 Å². The second-order valence-corrected chi connectivity index (χ2v) is 7.76. The van der Waals surface area contributed by atoms with E-state index in [0.717, 1.165) is 37.1 Å². The van der Waals surface area contributed by atoms with Crippen molar-refractivity contribution in [2.75, 3.05) is 29.6 Å². The van der Waals surface area contributed by atoms with Crippen LogP contribution < -0.4 is 20.9 Å². The van der Waals surface area contributed by atoms with Crippen molar-refractivity contribution < 1.29 is 4.79 Å². The van der Waals surface area contributed by atoms with Crippen molar-refractivity contribution in [1.29, 1.82) is 0 Å². The summed E-state index contributed by atoms with van der Waals surface area (Å²) in [4.78, 5) is 23.1. The molecule has 0 unspecified atom stereocenters. The van der Waals surface area contributed by atoms with Gasteiger partial charge in [-0.05, 0) is 50.3 Å². The third-order valence-corrected chi connectivity index (χ3v) is 5.27. The lowest BCUT2D eigenvalue weighted by Gasteiger charge is -2.30. The fourth-order valence-corrected chi connectivity index (χ4v) is 3.63. The first-order valence-corrected chi connectivity index (χ1v) is 9.89. The zero-order chi connectivity index (χ0) is 20.1. The number of carbonyl (C=O) groups is 1. The smallest absolute Gasteiger partial charge is 0.319 e. The molecule has 1 aliphatic rings. The van der Waals surface area contributed by atoms with Crippen LogP contribution in [-0.2, 0) is 0 Å². The Hall–Kier alpha value is -2.54. The van der Waals surface area contributed by atoms with Gasteiger partial charge in [0.1, 0.15) is 5.82 Å². The van der Waals surface area contributed by atoms with Gasteiger partial charge >= 0.3 is 6.03 Å². The zero-order valence-electron chi connectivity index (χ0n) is 16.5. The van der Waals surface area contributed by atoms with Crippen molar-refractivity contribution in [2.24, 2.45) is 0 Å². The standard InChI is InChI=1S/C20H27ClN6O/c1-13-5-4-6-16(21)18(13)26-20(28)24-15-9-7-14(8-10-15)23-19-22-12-11-17(25-19)27(2)3/h4-6,11-12,14-15H,7-10H2,1-3H3,(H,22,23,25)(H2,24,26,28)/t14-,15+. The van der Waals surface area contributed by atoms with Crippen molar-refractivity contribution in [1.82, 2.24) is 15.3 Å². The fraction of sp³-hybridized carbons (Fsp3) is 0.450. The van der Waals surface area contributed by atoms with Crippen LogP contribution in [0.2, 0.25) is 5.02 Å². The molecule has 150 valence electrons. The highest BCUT2D eigenvalue weighted by atomic mass is 35.5. The van der Waals surface area contributed by atoms with Crippen LogP contribution in [0, 0.1) is 6.92 Å². The van der Waals surface area contributed by atoms with Gasteiger partial charge in [-0.15, -0.1) is 0 Å². The normalized spacial score (nSPS) is 19.0. The number of amides is 2. The Labute approximate surface area is 170 Å². The van der Waals surface area contributed by atoms with Gasteiger partial charge in [0.05, 0.1) is 10.7 Å². The molecule has 1 aromatic carbocycles. The first kappa shape index (κ1) is 20.2. The Morgan fingerprint density at radius 1 is 1.14 bits per heavy atom. The van der Waals surface area contributed by atoms with E-state index in [1.54, 1.807) is 12.3 Å². The first-order chi connectivity index (χ1) is 13.4. The SMILES string of the molecule is Cc1cccc(Cl)c1NC(=O)N[C@H]1CC[C@@H](Nc2nccc(N(C)C)n2)CC1. The molecular weight excluding hydrogens is 376 g/mol. The quantitative estimate of drug-likeness (QED) is 0.702. The molecule has 0 aliphatic heterocycles. The number of hydrogen-bond donors (Lipinski definition) is 3. The summed E-state index contributed by atoms with van der Waals surface area (Å²) in [6.45, 7) is 1.92. The molecule has 3 N–H and O–H groups in total. The molecule has 1 fully saturated rings. The predicted octanol–water partition coefficient (Wildman–Crippen LogP) is 4.05. The van der Waals surface area contributed by atoms with E-state index >= 15 is 0 Å². The minimum atomic E-state index is -0.213. The third-order valence-electron chi connectivity index (χ3n) is 4.96. The van der Waals surface area contributed by atoms with E-state index in [1.807, 2.05) is 44.1 Å². The van der Waals surface area contributed by atoms with Gasteiger partial charge in [0, 0.05) is 32.4 Å². The van der Waals surface area contributed by atoms with E-state index in [4.69, 9.17) is 11.6 Å². The molecule has 1 aromatic heterocycles. The third kappa shape index (κ3) is 5.25. The number of nitrogens with one attached hydrogen (secondary N) is 3. The average Bonchev–Trinajstić information content (AvgIpc) is 2.67. The highest BCUT2D eigenvalue weighted by molar-refractivity contribution is 6.33. The van der Waals surface area contributed by atoms with E-state index in [0.29, 0.717) is 22.7 Å². The summed E-state index contributed by atoms with van der Waals surface area (Å²) >= 11 is 6.18. The minimum absolute atomic E-state index is 0.148. The lowest BCUT2D eigenvalue weighted by Crippen LogP contribution is -2.42. The largest absolute Gasteiger partial charge is 0.363 e. The van der Waals surface area contributed by atoms with Crippen molar-refractivity contribution in [3.63, 3.8) is 0 Å². The average molecular weight is 403 g/mol. The van der Waals surface area contributed by atoms with Gasteiger partial charge in [-0.2, -0.15) is 4.98 Å². The number of nitrogens with zero attached hydrogens (tertiary/aromatic N) is 3. The molecule has 28 heavy (non-hydrogen) atoms. The zero-order valence-corrected chi connectivity index (χ0v) is 17.3. The highest BCUT2D eigenvalue weighted by Crippen LogP contribution is 2.26. The molecule has 1 heterocycles. The van der Waals surface area contributed by atoms with Crippen LogP contribution in [0.3, 0.4) is 0 Å². The molecule has 2 amide bonds. The van der Waals surface area contributed by atoms with Crippen LogP contribution in [0.4, 0.5) is 22.2 Å². The van der Waals surface area contributed by atoms with Crippen LogP contribution in [0.5, 0.6) is 0 Å². The van der Waals surface area contributed by atoms with E-state index in [9.17, 15) is 4.79 Å². The lowest BCUT2D eigenvalue weighted by molar-refractivity contribution is 0.243. The van der Waals surface area contributed by atoms with E-state index in [-0.39, 0.29) is 12.1 Å². The molecule has 1 aliphatic carbocycles. The second kappa shape index (κ2) is 9.10. The van der Waals surface area contributed by atoms with Gasteiger partial charge in [0.15, 0.2) is 0 Å². The number of aromatic nitrogens is 2. The summed E-state index contributed by atoms with van der Waals surface area (Å²) in [5.41, 5.74) is 1.60. The maximum atomic E-state index is 12.3. The summed E-state index contributed by atoms with van der Waals surface area (Å²) in [6, 6.07) is 7.69. The van der Waals surface area contributed by atoms with Crippen LogP contribution in [0.1, 0.15) is 31.2 Å². The number of aryl methyl sites for hydroxylation is 1. The highest BCUT2D eigenvalue weighted by Gasteiger charge is 2.23. The van der Waals surface area contributed by atoms with E-state index in [1.165, 1.54) is 0 Å². The molecule has 0 atom stereocenters. The molecule has 0 bridgehead atoms. The number of urea groups is 1. The number of halogens is 1. The summed E-state index contributed by atoms with van der Waals surface area (Å²) in [5.74, 6) is 1.52. The van der Waals surface area contributed by atoms with Gasteiger partial charge in [0.2, 0.25) is 5.95 Å². The molecule has 0 saturated heterocycles.